The molecule has 0 aromatic heterocycles. The van der Waals surface area contributed by atoms with E-state index in [-0.39, 0.29) is 23.5 Å². The first-order valence-corrected chi connectivity index (χ1v) is 11.4. The number of aliphatic hydroxyl groups is 1. The number of hydrogen-bond acceptors (Lipinski definition) is 5. The van der Waals surface area contributed by atoms with Crippen LogP contribution in [0.25, 0.3) is 11.1 Å². The number of primary amides is 1. The SMILES string of the molecule is CS(=O)(=O)c1ccccc1-c1ccc(N2CCCC(C(O)CC(N)=O)C2=O)c(F)c1. The van der Waals surface area contributed by atoms with E-state index in [0.717, 1.165) is 6.26 Å². The van der Waals surface area contributed by atoms with Crippen LogP contribution in [0.1, 0.15) is 19.3 Å². The molecule has 2 amide bonds. The molecule has 1 heterocycles. The topological polar surface area (TPSA) is 118 Å². The fourth-order valence-corrected chi connectivity index (χ4v) is 4.68. The van der Waals surface area contributed by atoms with Crippen molar-refractivity contribution in [3.05, 3.63) is 48.3 Å². The van der Waals surface area contributed by atoms with Crippen LogP contribution in [0.5, 0.6) is 0 Å². The third kappa shape index (κ3) is 4.52. The lowest BCUT2D eigenvalue weighted by Crippen LogP contribution is -2.46. The highest BCUT2D eigenvalue weighted by Gasteiger charge is 2.36. The van der Waals surface area contributed by atoms with Crippen molar-refractivity contribution < 1.29 is 27.5 Å². The summed E-state index contributed by atoms with van der Waals surface area (Å²) in [7, 11) is -3.51. The molecule has 3 N–H and O–H groups in total. The van der Waals surface area contributed by atoms with Gasteiger partial charge in [-0.05, 0) is 36.6 Å². The molecule has 0 radical (unpaired) electrons. The Morgan fingerprint density at radius 2 is 2.00 bits per heavy atom. The number of piperidine rings is 1. The zero-order valence-corrected chi connectivity index (χ0v) is 17.2. The van der Waals surface area contributed by atoms with E-state index in [4.69, 9.17) is 5.73 Å². The largest absolute Gasteiger partial charge is 0.392 e. The molecular formula is C21H23FN2O5S. The molecule has 2 atom stereocenters. The van der Waals surface area contributed by atoms with E-state index in [2.05, 4.69) is 0 Å². The van der Waals surface area contributed by atoms with Gasteiger partial charge in [-0.1, -0.05) is 24.3 Å². The number of sulfone groups is 1. The highest BCUT2D eigenvalue weighted by Crippen LogP contribution is 2.33. The summed E-state index contributed by atoms with van der Waals surface area (Å²) in [6, 6.07) is 10.5. The number of halogens is 1. The maximum atomic E-state index is 15.0. The Labute approximate surface area is 174 Å². The number of anilines is 1. The monoisotopic (exact) mass is 434 g/mol. The van der Waals surface area contributed by atoms with Crippen molar-refractivity contribution in [1.29, 1.82) is 0 Å². The predicted octanol–water partition coefficient (Wildman–Crippen LogP) is 1.88. The lowest BCUT2D eigenvalue weighted by molar-refractivity contribution is -0.129. The van der Waals surface area contributed by atoms with Gasteiger partial charge in [0.1, 0.15) is 5.82 Å². The minimum absolute atomic E-state index is 0.0385. The molecule has 1 aliphatic rings. The minimum atomic E-state index is -3.51. The molecule has 9 heteroatoms. The maximum absolute atomic E-state index is 15.0. The zero-order valence-electron chi connectivity index (χ0n) is 16.4. The van der Waals surface area contributed by atoms with Gasteiger partial charge < -0.3 is 15.7 Å². The lowest BCUT2D eigenvalue weighted by atomic mass is 9.89. The van der Waals surface area contributed by atoms with Gasteiger partial charge >= 0.3 is 0 Å². The Balaban J connectivity index is 1.93. The lowest BCUT2D eigenvalue weighted by Gasteiger charge is -2.34. The summed E-state index contributed by atoms with van der Waals surface area (Å²) in [5, 5.41) is 10.1. The van der Waals surface area contributed by atoms with Crippen LogP contribution in [0, 0.1) is 11.7 Å². The average molecular weight is 434 g/mol. The van der Waals surface area contributed by atoms with E-state index in [1.807, 2.05) is 0 Å². The molecule has 2 aromatic rings. The quantitative estimate of drug-likeness (QED) is 0.720. The number of amides is 2. The molecule has 2 unspecified atom stereocenters. The summed E-state index contributed by atoms with van der Waals surface area (Å²) in [5.41, 5.74) is 5.88. The third-order valence-corrected chi connectivity index (χ3v) is 6.35. The molecule has 30 heavy (non-hydrogen) atoms. The van der Waals surface area contributed by atoms with Gasteiger partial charge in [-0.3, -0.25) is 9.59 Å². The first kappa shape index (κ1) is 21.9. The van der Waals surface area contributed by atoms with Crippen LogP contribution in [0.15, 0.2) is 47.4 Å². The van der Waals surface area contributed by atoms with Crippen molar-refractivity contribution >= 4 is 27.3 Å². The molecule has 1 fully saturated rings. The highest BCUT2D eigenvalue weighted by atomic mass is 32.2. The molecule has 0 saturated carbocycles. The minimum Gasteiger partial charge on any atom is -0.392 e. The van der Waals surface area contributed by atoms with E-state index in [1.54, 1.807) is 24.3 Å². The number of aliphatic hydroxyl groups excluding tert-OH is 1. The normalized spacial score (nSPS) is 18.3. The zero-order chi connectivity index (χ0) is 22.1. The number of hydrogen-bond donors (Lipinski definition) is 2. The van der Waals surface area contributed by atoms with E-state index in [1.165, 1.54) is 23.1 Å². The van der Waals surface area contributed by atoms with Gasteiger partial charge in [-0.25, -0.2) is 12.8 Å². The maximum Gasteiger partial charge on any atom is 0.232 e. The third-order valence-electron chi connectivity index (χ3n) is 5.19. The molecule has 2 aromatic carbocycles. The number of carbonyl (C=O) groups is 2. The molecule has 160 valence electrons. The Morgan fingerprint density at radius 1 is 1.30 bits per heavy atom. The number of nitrogens with zero attached hydrogens (tertiary/aromatic N) is 1. The summed E-state index contributed by atoms with van der Waals surface area (Å²) in [4.78, 5) is 25.2. The molecule has 0 aliphatic carbocycles. The Morgan fingerprint density at radius 3 is 2.63 bits per heavy atom. The fourth-order valence-electron chi connectivity index (χ4n) is 3.77. The van der Waals surface area contributed by atoms with Crippen molar-refractivity contribution in [2.75, 3.05) is 17.7 Å². The van der Waals surface area contributed by atoms with Gasteiger partial charge in [-0.2, -0.15) is 0 Å². The summed E-state index contributed by atoms with van der Waals surface area (Å²) >= 11 is 0. The van der Waals surface area contributed by atoms with Crippen molar-refractivity contribution in [3.8, 4) is 11.1 Å². The first-order chi connectivity index (χ1) is 14.1. The van der Waals surface area contributed by atoms with Crippen molar-refractivity contribution in [2.24, 2.45) is 11.7 Å². The van der Waals surface area contributed by atoms with Crippen LogP contribution in [-0.4, -0.2) is 44.2 Å². The van der Waals surface area contributed by atoms with Gasteiger partial charge in [0.2, 0.25) is 11.8 Å². The molecule has 0 bridgehead atoms. The second-order valence-electron chi connectivity index (χ2n) is 7.41. The molecule has 7 nitrogen and oxygen atoms in total. The first-order valence-electron chi connectivity index (χ1n) is 9.46. The predicted molar refractivity (Wildman–Crippen MR) is 110 cm³/mol. The van der Waals surface area contributed by atoms with Gasteiger partial charge in [0, 0.05) is 18.4 Å². The van der Waals surface area contributed by atoms with Crippen LogP contribution in [-0.2, 0) is 19.4 Å². The standard InChI is InChI=1S/C21H23FN2O5S/c1-30(28,29)19-7-3-2-5-14(19)13-8-9-17(16(22)11-13)24-10-4-6-15(21(24)27)18(25)12-20(23)26/h2-3,5,7-9,11,15,18,25H,4,6,10,12H2,1H3,(H2,23,26). The number of carbonyl (C=O) groups excluding carboxylic acids is 2. The number of benzene rings is 2. The van der Waals surface area contributed by atoms with Gasteiger partial charge in [0.05, 0.1) is 29.0 Å². The number of rotatable bonds is 6. The van der Waals surface area contributed by atoms with Crippen LogP contribution < -0.4 is 10.6 Å². The molecule has 1 saturated heterocycles. The van der Waals surface area contributed by atoms with Crippen LogP contribution in [0.4, 0.5) is 10.1 Å². The fraction of sp³-hybridized carbons (Fsp3) is 0.333. The second-order valence-corrected chi connectivity index (χ2v) is 9.40. The molecule has 1 aliphatic heterocycles. The van der Waals surface area contributed by atoms with Gasteiger partial charge in [0.15, 0.2) is 9.84 Å². The summed E-state index contributed by atoms with van der Waals surface area (Å²) < 4.78 is 39.1. The molecule has 3 rings (SSSR count). The van der Waals surface area contributed by atoms with E-state index in [0.29, 0.717) is 24.0 Å². The van der Waals surface area contributed by atoms with E-state index in [9.17, 15) is 27.5 Å². The van der Waals surface area contributed by atoms with Gasteiger partial charge in [-0.15, -0.1) is 0 Å². The van der Waals surface area contributed by atoms with E-state index >= 15 is 0 Å². The molecular weight excluding hydrogens is 411 g/mol. The Bertz CT molecular complexity index is 1090. The van der Waals surface area contributed by atoms with Gasteiger partial charge in [0.25, 0.3) is 0 Å². The Kier molecular flexibility index (Phi) is 6.23. The Hall–Kier alpha value is -2.78. The van der Waals surface area contributed by atoms with Crippen molar-refractivity contribution in [1.82, 2.24) is 0 Å². The van der Waals surface area contributed by atoms with E-state index < -0.39 is 39.5 Å². The second kappa shape index (κ2) is 8.53. The van der Waals surface area contributed by atoms with Crippen LogP contribution in [0.3, 0.4) is 0 Å². The van der Waals surface area contributed by atoms with Crippen molar-refractivity contribution in [3.63, 3.8) is 0 Å². The van der Waals surface area contributed by atoms with Crippen molar-refractivity contribution in [2.45, 2.75) is 30.3 Å². The summed E-state index contributed by atoms with van der Waals surface area (Å²) in [6.45, 7) is 0.273. The molecule has 0 spiro atoms. The average Bonchev–Trinajstić information content (AvgIpc) is 2.67. The van der Waals surface area contributed by atoms with Crippen LogP contribution >= 0.6 is 0 Å². The smallest absolute Gasteiger partial charge is 0.232 e. The number of nitrogens with two attached hydrogens (primary N) is 1. The summed E-state index contributed by atoms with van der Waals surface area (Å²) in [6.07, 6.45) is 0.436. The summed E-state index contributed by atoms with van der Waals surface area (Å²) in [5.74, 6) is -2.71. The van der Waals surface area contributed by atoms with Crippen LogP contribution in [0.2, 0.25) is 0 Å². The highest BCUT2D eigenvalue weighted by molar-refractivity contribution is 7.90.